The zero-order valence-electron chi connectivity index (χ0n) is 16.5. The van der Waals surface area contributed by atoms with Gasteiger partial charge < -0.3 is 10.6 Å². The second kappa shape index (κ2) is 8.62. The molecule has 1 heterocycles. The number of nitrogens with zero attached hydrogens (tertiary/aromatic N) is 1. The highest BCUT2D eigenvalue weighted by molar-refractivity contribution is 5.83. The van der Waals surface area contributed by atoms with Gasteiger partial charge in [-0.1, -0.05) is 55.7 Å². The normalized spacial score (nSPS) is 28.8. The highest BCUT2D eigenvalue weighted by atomic mass is 19.1. The van der Waals surface area contributed by atoms with Crippen LogP contribution in [0.1, 0.15) is 43.7 Å². The quantitative estimate of drug-likeness (QED) is 0.742. The van der Waals surface area contributed by atoms with E-state index in [-0.39, 0.29) is 24.4 Å². The maximum absolute atomic E-state index is 14.5. The molecule has 1 fully saturated rings. The summed E-state index contributed by atoms with van der Waals surface area (Å²) in [7, 11) is 0. The van der Waals surface area contributed by atoms with Crippen molar-refractivity contribution in [2.45, 2.75) is 50.4 Å². The molecule has 2 aliphatic carbocycles. The van der Waals surface area contributed by atoms with Crippen LogP contribution in [-0.4, -0.2) is 29.6 Å². The molecule has 0 saturated heterocycles. The molecule has 2 N–H and O–H groups in total. The summed E-state index contributed by atoms with van der Waals surface area (Å²) in [5, 5.41) is 0. The Morgan fingerprint density at radius 2 is 1.83 bits per heavy atom. The minimum Gasteiger partial charge on any atom is -0.327 e. The van der Waals surface area contributed by atoms with Gasteiger partial charge in [-0.3, -0.25) is 4.79 Å². The van der Waals surface area contributed by atoms with Gasteiger partial charge in [0.05, 0.1) is 12.1 Å². The van der Waals surface area contributed by atoms with Gasteiger partial charge in [-0.2, -0.15) is 0 Å². The summed E-state index contributed by atoms with van der Waals surface area (Å²) in [5.74, 6) is -1.02. The summed E-state index contributed by atoms with van der Waals surface area (Å²) in [6.45, 7) is 0.279. The summed E-state index contributed by atoms with van der Waals surface area (Å²) in [6.07, 6.45) is 9.72. The molecule has 4 atom stereocenters. The SMILES string of the molecule is N[C@H](C(=O)N1CC(C2C=C(F)C=CC2F)=C[C@H]1c1ccccc1)C1CCCCC1. The van der Waals surface area contributed by atoms with E-state index in [1.165, 1.54) is 18.6 Å². The molecule has 1 aromatic rings. The molecule has 3 aliphatic rings. The molecule has 29 heavy (non-hydrogen) atoms. The van der Waals surface area contributed by atoms with Crippen molar-refractivity contribution < 1.29 is 13.6 Å². The van der Waals surface area contributed by atoms with Gasteiger partial charge in [0, 0.05) is 12.5 Å². The molecule has 5 heteroatoms. The summed E-state index contributed by atoms with van der Waals surface area (Å²) >= 11 is 0. The Hall–Kier alpha value is -2.27. The molecule has 0 radical (unpaired) electrons. The van der Waals surface area contributed by atoms with E-state index in [4.69, 9.17) is 5.73 Å². The van der Waals surface area contributed by atoms with E-state index in [9.17, 15) is 13.6 Å². The average Bonchev–Trinajstić information content (AvgIpc) is 3.21. The van der Waals surface area contributed by atoms with Crippen molar-refractivity contribution >= 4 is 5.91 Å². The first-order chi connectivity index (χ1) is 14.0. The van der Waals surface area contributed by atoms with Gasteiger partial charge >= 0.3 is 0 Å². The summed E-state index contributed by atoms with van der Waals surface area (Å²) in [6, 6.07) is 8.83. The lowest BCUT2D eigenvalue weighted by Crippen LogP contribution is -2.48. The molecule has 3 nitrogen and oxygen atoms in total. The molecular weight excluding hydrogens is 370 g/mol. The maximum Gasteiger partial charge on any atom is 0.240 e. The Bertz CT molecular complexity index is 827. The van der Waals surface area contributed by atoms with E-state index in [0.717, 1.165) is 42.9 Å². The van der Waals surface area contributed by atoms with Crippen molar-refractivity contribution in [2.24, 2.45) is 17.6 Å². The smallest absolute Gasteiger partial charge is 0.240 e. The lowest BCUT2D eigenvalue weighted by atomic mass is 9.83. The standard InChI is InChI=1S/C24H28F2N2O/c25-19-11-12-21(26)20(14-19)18-13-22(16-7-3-1-4-8-16)28(15-18)24(29)23(27)17-9-5-2-6-10-17/h1,3-4,7-8,11-14,17,20-23H,2,5-6,9-10,15,27H2/t20?,21?,22-,23-/m0/s1. The molecule has 1 aliphatic heterocycles. The van der Waals surface area contributed by atoms with E-state index in [1.807, 2.05) is 36.4 Å². The summed E-state index contributed by atoms with van der Waals surface area (Å²) < 4.78 is 28.3. The number of halogens is 2. The van der Waals surface area contributed by atoms with Crippen LogP contribution in [0.15, 0.2) is 66.0 Å². The Kier molecular flexibility index (Phi) is 5.95. The molecule has 0 spiro atoms. The van der Waals surface area contributed by atoms with Crippen LogP contribution in [0.2, 0.25) is 0 Å². The molecule has 0 bridgehead atoms. The Morgan fingerprint density at radius 3 is 2.55 bits per heavy atom. The summed E-state index contributed by atoms with van der Waals surface area (Å²) in [5.41, 5.74) is 8.10. The van der Waals surface area contributed by atoms with Crippen molar-refractivity contribution in [2.75, 3.05) is 6.54 Å². The fourth-order valence-electron chi connectivity index (χ4n) is 4.82. The number of carbonyl (C=O) groups excluding carboxylic acids is 1. The maximum atomic E-state index is 14.5. The molecule has 1 saturated carbocycles. The number of allylic oxidation sites excluding steroid dienone is 4. The van der Waals surface area contributed by atoms with Crippen LogP contribution in [0.4, 0.5) is 8.78 Å². The predicted molar refractivity (Wildman–Crippen MR) is 110 cm³/mol. The second-order valence-corrected chi connectivity index (χ2v) is 8.37. The van der Waals surface area contributed by atoms with Crippen molar-refractivity contribution in [3.05, 3.63) is 71.6 Å². The third-order valence-corrected chi connectivity index (χ3v) is 6.48. The number of amides is 1. The number of rotatable bonds is 4. The van der Waals surface area contributed by atoms with E-state index < -0.39 is 24.0 Å². The second-order valence-electron chi connectivity index (χ2n) is 8.37. The van der Waals surface area contributed by atoms with Gasteiger partial charge in [-0.15, -0.1) is 0 Å². The Morgan fingerprint density at radius 1 is 1.10 bits per heavy atom. The first kappa shape index (κ1) is 20.0. The minimum atomic E-state index is -1.29. The number of nitrogens with two attached hydrogens (primary N) is 1. The number of hydrogen-bond donors (Lipinski definition) is 1. The highest BCUT2D eigenvalue weighted by Crippen LogP contribution is 2.38. The number of alkyl halides is 1. The Balaban J connectivity index is 1.60. The minimum absolute atomic E-state index is 0.0942. The van der Waals surface area contributed by atoms with Gasteiger partial charge in [0.2, 0.25) is 5.91 Å². The Labute approximate surface area is 171 Å². The summed E-state index contributed by atoms with van der Waals surface area (Å²) in [4.78, 5) is 15.1. The largest absolute Gasteiger partial charge is 0.327 e. The number of benzene rings is 1. The van der Waals surface area contributed by atoms with Gasteiger partial charge in [-0.25, -0.2) is 8.78 Å². The van der Waals surface area contributed by atoms with Crippen molar-refractivity contribution in [3.8, 4) is 0 Å². The first-order valence-electron chi connectivity index (χ1n) is 10.6. The molecule has 1 amide bonds. The average molecular weight is 398 g/mol. The van der Waals surface area contributed by atoms with Gasteiger partial charge in [0.15, 0.2) is 0 Å². The zero-order chi connectivity index (χ0) is 20.4. The topological polar surface area (TPSA) is 46.3 Å². The van der Waals surface area contributed by atoms with Gasteiger partial charge in [-0.05, 0) is 48.1 Å². The molecule has 1 aromatic carbocycles. The first-order valence-corrected chi connectivity index (χ1v) is 10.6. The fourth-order valence-corrected chi connectivity index (χ4v) is 4.82. The van der Waals surface area contributed by atoms with Crippen LogP contribution >= 0.6 is 0 Å². The lowest BCUT2D eigenvalue weighted by Gasteiger charge is -2.33. The fraction of sp³-hybridized carbons (Fsp3) is 0.458. The monoisotopic (exact) mass is 398 g/mol. The third-order valence-electron chi connectivity index (χ3n) is 6.48. The van der Waals surface area contributed by atoms with Gasteiger partial charge in [0.1, 0.15) is 12.0 Å². The lowest BCUT2D eigenvalue weighted by molar-refractivity contribution is -0.134. The van der Waals surface area contributed by atoms with Crippen LogP contribution in [0, 0.1) is 11.8 Å². The molecule has 154 valence electrons. The molecule has 0 aromatic heterocycles. The van der Waals surface area contributed by atoms with Crippen LogP contribution in [0.5, 0.6) is 0 Å². The van der Waals surface area contributed by atoms with Crippen LogP contribution in [-0.2, 0) is 4.79 Å². The molecular formula is C24H28F2N2O. The van der Waals surface area contributed by atoms with Crippen LogP contribution < -0.4 is 5.73 Å². The predicted octanol–water partition coefficient (Wildman–Crippen LogP) is 4.78. The van der Waals surface area contributed by atoms with E-state index in [0.29, 0.717) is 0 Å². The zero-order valence-corrected chi connectivity index (χ0v) is 16.5. The van der Waals surface area contributed by atoms with Gasteiger partial charge in [0.25, 0.3) is 0 Å². The highest BCUT2D eigenvalue weighted by Gasteiger charge is 2.39. The number of carbonyl (C=O) groups is 1. The van der Waals surface area contributed by atoms with Crippen molar-refractivity contribution in [3.63, 3.8) is 0 Å². The van der Waals surface area contributed by atoms with Crippen LogP contribution in [0.25, 0.3) is 0 Å². The number of hydrogen-bond acceptors (Lipinski definition) is 2. The van der Waals surface area contributed by atoms with Crippen molar-refractivity contribution in [1.82, 2.24) is 4.90 Å². The van der Waals surface area contributed by atoms with E-state index in [1.54, 1.807) is 4.90 Å². The van der Waals surface area contributed by atoms with E-state index >= 15 is 0 Å². The van der Waals surface area contributed by atoms with E-state index in [2.05, 4.69) is 0 Å². The van der Waals surface area contributed by atoms with Crippen molar-refractivity contribution in [1.29, 1.82) is 0 Å². The third kappa shape index (κ3) is 4.20. The van der Waals surface area contributed by atoms with Crippen LogP contribution in [0.3, 0.4) is 0 Å². The molecule has 2 unspecified atom stereocenters. The molecule has 4 rings (SSSR count).